The van der Waals surface area contributed by atoms with Crippen LogP contribution in [0.4, 0.5) is 5.82 Å². The Morgan fingerprint density at radius 3 is 2.45 bits per heavy atom. The minimum atomic E-state index is 0.220. The monoisotopic (exact) mass is 293 g/mol. The number of rotatable bonds is 4. The molecule has 1 aromatic rings. The summed E-state index contributed by atoms with van der Waals surface area (Å²) in [4.78, 5) is 14.3. The third kappa shape index (κ3) is 3.24. The molecule has 1 aliphatic rings. The molecule has 1 unspecified atom stereocenters. The standard InChI is InChI=1S/C14H23N5S/c1-4-12(14(15)20)18-5-7-19(8-6-18)13-9-16-10(2)11(3)17-13/h9,12H,4-8H2,1-3H3,(H2,15,20). The lowest BCUT2D eigenvalue weighted by Gasteiger charge is -2.39. The maximum Gasteiger partial charge on any atom is 0.147 e. The number of piperazine rings is 1. The maximum absolute atomic E-state index is 5.81. The molecule has 2 N–H and O–H groups in total. The summed E-state index contributed by atoms with van der Waals surface area (Å²) in [7, 11) is 0. The van der Waals surface area contributed by atoms with Crippen molar-refractivity contribution in [2.45, 2.75) is 33.2 Å². The van der Waals surface area contributed by atoms with Gasteiger partial charge in [0.05, 0.1) is 28.6 Å². The van der Waals surface area contributed by atoms with Gasteiger partial charge in [0.15, 0.2) is 0 Å². The smallest absolute Gasteiger partial charge is 0.147 e. The fourth-order valence-electron chi connectivity index (χ4n) is 2.58. The minimum Gasteiger partial charge on any atom is -0.392 e. The van der Waals surface area contributed by atoms with Gasteiger partial charge in [0.2, 0.25) is 0 Å². The second-order valence-electron chi connectivity index (χ2n) is 5.25. The Kier molecular flexibility index (Phi) is 4.88. The van der Waals surface area contributed by atoms with Crippen molar-refractivity contribution in [3.63, 3.8) is 0 Å². The Morgan fingerprint density at radius 1 is 1.30 bits per heavy atom. The van der Waals surface area contributed by atoms with Crippen LogP contribution in [0.3, 0.4) is 0 Å². The van der Waals surface area contributed by atoms with E-state index in [2.05, 4.69) is 26.7 Å². The van der Waals surface area contributed by atoms with Crippen molar-refractivity contribution in [2.75, 3.05) is 31.1 Å². The van der Waals surface area contributed by atoms with Crippen molar-refractivity contribution in [3.05, 3.63) is 17.6 Å². The van der Waals surface area contributed by atoms with E-state index in [0.29, 0.717) is 4.99 Å². The number of thiocarbonyl (C=S) groups is 1. The molecular formula is C14H23N5S. The third-order valence-corrected chi connectivity index (χ3v) is 4.25. The molecule has 1 fully saturated rings. The van der Waals surface area contributed by atoms with Gasteiger partial charge in [-0.1, -0.05) is 19.1 Å². The largest absolute Gasteiger partial charge is 0.392 e. The van der Waals surface area contributed by atoms with Gasteiger partial charge in [0.1, 0.15) is 5.82 Å². The summed E-state index contributed by atoms with van der Waals surface area (Å²) in [5, 5.41) is 0. The number of aromatic nitrogens is 2. The van der Waals surface area contributed by atoms with Gasteiger partial charge in [-0.25, -0.2) is 4.98 Å². The Hall–Kier alpha value is -1.27. The molecule has 0 aliphatic carbocycles. The normalized spacial score (nSPS) is 18.1. The first kappa shape index (κ1) is 15.1. The average molecular weight is 293 g/mol. The molecule has 0 spiro atoms. The summed E-state index contributed by atoms with van der Waals surface area (Å²) in [6.45, 7) is 9.92. The van der Waals surface area contributed by atoms with E-state index >= 15 is 0 Å². The Balaban J connectivity index is 2.00. The summed E-state index contributed by atoms with van der Waals surface area (Å²) in [6.07, 6.45) is 2.83. The van der Waals surface area contributed by atoms with Crippen molar-refractivity contribution in [2.24, 2.45) is 5.73 Å². The molecule has 6 heteroatoms. The van der Waals surface area contributed by atoms with Gasteiger partial charge in [0.25, 0.3) is 0 Å². The van der Waals surface area contributed by atoms with Crippen LogP contribution in [0.1, 0.15) is 24.7 Å². The molecule has 1 saturated heterocycles. The zero-order valence-electron chi connectivity index (χ0n) is 12.5. The van der Waals surface area contributed by atoms with Crippen molar-refractivity contribution in [1.82, 2.24) is 14.9 Å². The van der Waals surface area contributed by atoms with Crippen molar-refractivity contribution < 1.29 is 0 Å². The second kappa shape index (κ2) is 6.45. The predicted octanol–water partition coefficient (Wildman–Crippen LogP) is 1.28. The van der Waals surface area contributed by atoms with Gasteiger partial charge in [-0.15, -0.1) is 0 Å². The third-order valence-electron chi connectivity index (χ3n) is 3.97. The van der Waals surface area contributed by atoms with Crippen LogP contribution in [-0.2, 0) is 0 Å². The lowest BCUT2D eigenvalue weighted by molar-refractivity contribution is 0.224. The number of nitrogens with zero attached hydrogens (tertiary/aromatic N) is 4. The summed E-state index contributed by atoms with van der Waals surface area (Å²) < 4.78 is 0. The highest BCUT2D eigenvalue weighted by Crippen LogP contribution is 2.16. The SMILES string of the molecule is CCC(C(N)=S)N1CCN(c2cnc(C)c(C)n2)CC1. The summed E-state index contributed by atoms with van der Waals surface area (Å²) in [6, 6.07) is 0.220. The van der Waals surface area contributed by atoms with E-state index < -0.39 is 0 Å². The molecule has 0 saturated carbocycles. The number of hydrogen-bond acceptors (Lipinski definition) is 5. The van der Waals surface area contributed by atoms with E-state index in [1.807, 2.05) is 20.0 Å². The molecule has 1 aromatic heterocycles. The Bertz CT molecular complexity index is 482. The zero-order valence-corrected chi connectivity index (χ0v) is 13.3. The van der Waals surface area contributed by atoms with E-state index in [1.165, 1.54) is 0 Å². The Labute approximate surface area is 126 Å². The molecule has 0 radical (unpaired) electrons. The fourth-order valence-corrected chi connectivity index (χ4v) is 2.90. The number of hydrogen-bond donors (Lipinski definition) is 1. The average Bonchev–Trinajstić information content (AvgIpc) is 2.43. The molecule has 20 heavy (non-hydrogen) atoms. The zero-order chi connectivity index (χ0) is 14.7. The molecule has 0 aromatic carbocycles. The van der Waals surface area contributed by atoms with Crippen LogP contribution in [0.5, 0.6) is 0 Å². The minimum absolute atomic E-state index is 0.220. The summed E-state index contributed by atoms with van der Waals surface area (Å²) in [5.74, 6) is 0.969. The highest BCUT2D eigenvalue weighted by Gasteiger charge is 2.25. The van der Waals surface area contributed by atoms with E-state index in [9.17, 15) is 0 Å². The van der Waals surface area contributed by atoms with Gasteiger partial charge in [0, 0.05) is 26.2 Å². The van der Waals surface area contributed by atoms with Crippen LogP contribution in [0.2, 0.25) is 0 Å². The molecule has 110 valence electrons. The van der Waals surface area contributed by atoms with Gasteiger partial charge in [-0.05, 0) is 20.3 Å². The van der Waals surface area contributed by atoms with Crippen LogP contribution in [0, 0.1) is 13.8 Å². The highest BCUT2D eigenvalue weighted by molar-refractivity contribution is 7.80. The summed E-state index contributed by atoms with van der Waals surface area (Å²) >= 11 is 5.15. The van der Waals surface area contributed by atoms with Crippen molar-refractivity contribution in [3.8, 4) is 0 Å². The fraction of sp³-hybridized carbons (Fsp3) is 0.643. The highest BCUT2D eigenvalue weighted by atomic mass is 32.1. The molecule has 0 bridgehead atoms. The first-order valence-corrected chi connectivity index (χ1v) is 7.52. The predicted molar refractivity (Wildman–Crippen MR) is 86.2 cm³/mol. The van der Waals surface area contributed by atoms with E-state index in [1.54, 1.807) is 0 Å². The van der Waals surface area contributed by atoms with Crippen LogP contribution >= 0.6 is 12.2 Å². The van der Waals surface area contributed by atoms with E-state index in [-0.39, 0.29) is 6.04 Å². The van der Waals surface area contributed by atoms with Gasteiger partial charge < -0.3 is 10.6 Å². The molecule has 0 amide bonds. The molecular weight excluding hydrogens is 270 g/mol. The lowest BCUT2D eigenvalue weighted by Crippen LogP contribution is -2.53. The molecule has 1 aliphatic heterocycles. The van der Waals surface area contributed by atoms with Crippen LogP contribution in [-0.4, -0.2) is 52.1 Å². The van der Waals surface area contributed by atoms with Gasteiger partial charge >= 0.3 is 0 Å². The van der Waals surface area contributed by atoms with Crippen LogP contribution in [0.25, 0.3) is 0 Å². The first-order chi connectivity index (χ1) is 9.52. The Morgan fingerprint density at radius 2 is 1.95 bits per heavy atom. The van der Waals surface area contributed by atoms with Gasteiger partial charge in [-0.3, -0.25) is 9.88 Å². The molecule has 2 rings (SSSR count). The summed E-state index contributed by atoms with van der Waals surface area (Å²) in [5.41, 5.74) is 7.81. The quantitative estimate of drug-likeness (QED) is 0.844. The number of aryl methyl sites for hydroxylation is 2. The van der Waals surface area contributed by atoms with Gasteiger partial charge in [-0.2, -0.15) is 0 Å². The first-order valence-electron chi connectivity index (χ1n) is 7.11. The van der Waals surface area contributed by atoms with E-state index in [4.69, 9.17) is 18.0 Å². The topological polar surface area (TPSA) is 58.3 Å². The van der Waals surface area contributed by atoms with Crippen LogP contribution in [0.15, 0.2) is 6.20 Å². The molecule has 5 nitrogen and oxygen atoms in total. The van der Waals surface area contributed by atoms with Crippen molar-refractivity contribution in [1.29, 1.82) is 0 Å². The van der Waals surface area contributed by atoms with Crippen molar-refractivity contribution >= 4 is 23.0 Å². The molecule has 2 heterocycles. The van der Waals surface area contributed by atoms with E-state index in [0.717, 1.165) is 49.8 Å². The molecule has 1 atom stereocenters. The number of anilines is 1. The second-order valence-corrected chi connectivity index (χ2v) is 5.72. The maximum atomic E-state index is 5.81. The number of nitrogens with two attached hydrogens (primary N) is 1. The lowest BCUT2D eigenvalue weighted by atomic mass is 10.1. The van der Waals surface area contributed by atoms with Crippen LogP contribution < -0.4 is 10.6 Å².